The normalized spacial score (nSPS) is 28.2. The third-order valence-electron chi connectivity index (χ3n) is 8.82. The Balaban J connectivity index is 1.29. The minimum atomic E-state index is -1.36. The van der Waals surface area contributed by atoms with Gasteiger partial charge < -0.3 is 30.1 Å². The number of benzene rings is 2. The van der Waals surface area contributed by atoms with Gasteiger partial charge in [0.25, 0.3) is 5.19 Å². The van der Waals surface area contributed by atoms with Crippen LogP contribution in [-0.2, 0) is 14.4 Å². The van der Waals surface area contributed by atoms with Crippen molar-refractivity contribution in [2.75, 3.05) is 19.0 Å². The number of fused-ring (bicyclic) bond motifs is 3. The number of carbonyl (C=O) groups is 3. The summed E-state index contributed by atoms with van der Waals surface area (Å²) in [6.07, 6.45) is 8.08. The molecule has 3 aromatic rings. The van der Waals surface area contributed by atoms with Crippen molar-refractivity contribution in [3.8, 4) is 10.9 Å². The lowest BCUT2D eigenvalue weighted by atomic mass is 10.0. The number of thiazole rings is 1. The number of allylic oxidation sites excluding steroid dienone is 1. The molecule has 3 aliphatic rings. The van der Waals surface area contributed by atoms with Gasteiger partial charge in [-0.15, -0.1) is 0 Å². The molecule has 11 heteroatoms. The number of carboxylic acid groups (broad SMARTS) is 1. The van der Waals surface area contributed by atoms with Gasteiger partial charge >= 0.3 is 5.97 Å². The predicted molar refractivity (Wildman–Crippen MR) is 168 cm³/mol. The highest BCUT2D eigenvalue weighted by Gasteiger charge is 2.61. The smallest absolute Gasteiger partial charge is 0.330 e. The van der Waals surface area contributed by atoms with Gasteiger partial charge in [0.1, 0.15) is 29.5 Å². The van der Waals surface area contributed by atoms with Crippen LogP contribution >= 0.6 is 11.3 Å². The highest BCUT2D eigenvalue weighted by Crippen LogP contribution is 2.45. The summed E-state index contributed by atoms with van der Waals surface area (Å²) in [6.45, 7) is 2.21. The van der Waals surface area contributed by atoms with Crippen LogP contribution < -0.4 is 20.1 Å². The van der Waals surface area contributed by atoms with Crippen LogP contribution in [-0.4, -0.2) is 70.2 Å². The van der Waals surface area contributed by atoms with Gasteiger partial charge in [0.05, 0.1) is 23.9 Å². The van der Waals surface area contributed by atoms with E-state index in [1.54, 1.807) is 12.0 Å². The molecule has 0 bridgehead atoms. The third-order valence-corrected chi connectivity index (χ3v) is 9.73. The van der Waals surface area contributed by atoms with E-state index in [0.717, 1.165) is 47.2 Å². The maximum Gasteiger partial charge on any atom is 0.330 e. The fourth-order valence-corrected chi connectivity index (χ4v) is 7.24. The van der Waals surface area contributed by atoms with Crippen LogP contribution in [0.3, 0.4) is 0 Å². The number of aromatic nitrogens is 1. The minimum absolute atomic E-state index is 0.186. The molecule has 1 saturated carbocycles. The second-order valence-electron chi connectivity index (χ2n) is 12.0. The molecule has 3 heterocycles. The van der Waals surface area contributed by atoms with E-state index >= 15 is 0 Å². The number of anilines is 1. The first kappa shape index (κ1) is 29.9. The lowest BCUT2D eigenvalue weighted by Crippen LogP contribution is -2.55. The molecule has 232 valence electrons. The van der Waals surface area contributed by atoms with Crippen molar-refractivity contribution in [3.63, 3.8) is 0 Å². The number of hydrogen-bond donors (Lipinski definition) is 3. The fourth-order valence-electron chi connectivity index (χ4n) is 6.26. The Hall–Kier alpha value is -4.12. The molecule has 2 fully saturated rings. The van der Waals surface area contributed by atoms with Gasteiger partial charge in [-0.05, 0) is 62.4 Å². The van der Waals surface area contributed by atoms with Gasteiger partial charge in [-0.25, -0.2) is 9.78 Å². The second kappa shape index (κ2) is 12.5. The molecule has 3 N–H and O–H groups in total. The SMILES string of the molecule is COc1cccc(N[C@H]2CCCCC/C=C\[C@@H]3C[C@@]3(C(=O)O)NC(=O)[C@@H]3C[C@@H](Oc4nc5ccc(C)cc5s4)CN3C2=O)c1. The van der Waals surface area contributed by atoms with Crippen LogP contribution in [0.15, 0.2) is 54.6 Å². The van der Waals surface area contributed by atoms with Crippen molar-refractivity contribution in [2.45, 2.75) is 75.6 Å². The van der Waals surface area contributed by atoms with Crippen molar-refractivity contribution >= 4 is 45.0 Å². The number of hydrogen-bond acceptors (Lipinski definition) is 8. The van der Waals surface area contributed by atoms with Gasteiger partial charge in [0.15, 0.2) is 0 Å². The Kier molecular flexibility index (Phi) is 8.48. The number of carbonyl (C=O) groups excluding carboxylic acids is 2. The Morgan fingerprint density at radius 2 is 2.05 bits per heavy atom. The lowest BCUT2D eigenvalue weighted by molar-refractivity contribution is -0.145. The Morgan fingerprint density at radius 1 is 1.18 bits per heavy atom. The number of ether oxygens (including phenoxy) is 2. The van der Waals surface area contributed by atoms with E-state index < -0.39 is 35.6 Å². The Labute approximate surface area is 260 Å². The van der Waals surface area contributed by atoms with E-state index in [1.165, 1.54) is 11.3 Å². The summed E-state index contributed by atoms with van der Waals surface area (Å²) in [4.78, 5) is 46.7. The van der Waals surface area contributed by atoms with Crippen LogP contribution in [0.1, 0.15) is 50.5 Å². The average molecular weight is 619 g/mol. The highest BCUT2D eigenvalue weighted by molar-refractivity contribution is 7.20. The first-order valence-electron chi connectivity index (χ1n) is 15.2. The lowest BCUT2D eigenvalue weighted by Gasteiger charge is -2.30. The number of amides is 2. The van der Waals surface area contributed by atoms with E-state index in [2.05, 4.69) is 21.7 Å². The number of nitrogens with one attached hydrogen (secondary N) is 2. The molecule has 10 nitrogen and oxygen atoms in total. The highest BCUT2D eigenvalue weighted by atomic mass is 32.1. The van der Waals surface area contributed by atoms with Crippen molar-refractivity contribution < 1.29 is 29.0 Å². The van der Waals surface area contributed by atoms with Crippen LogP contribution in [0.4, 0.5) is 5.69 Å². The molecule has 6 rings (SSSR count). The van der Waals surface area contributed by atoms with Gasteiger partial charge in [-0.3, -0.25) is 9.59 Å². The molecule has 44 heavy (non-hydrogen) atoms. The molecule has 0 unspecified atom stereocenters. The molecule has 2 aromatic carbocycles. The fraction of sp³-hybridized carbons (Fsp3) is 0.455. The number of methoxy groups -OCH3 is 1. The number of rotatable bonds is 6. The zero-order valence-electron chi connectivity index (χ0n) is 25.0. The maximum atomic E-state index is 14.3. The van der Waals surface area contributed by atoms with Crippen molar-refractivity contribution in [3.05, 3.63) is 60.2 Å². The second-order valence-corrected chi connectivity index (χ2v) is 13.0. The van der Waals surface area contributed by atoms with Crippen LogP contribution in [0.25, 0.3) is 10.2 Å². The van der Waals surface area contributed by atoms with E-state index in [1.807, 2.05) is 55.5 Å². The van der Waals surface area contributed by atoms with Crippen molar-refractivity contribution in [2.24, 2.45) is 5.92 Å². The number of aliphatic carboxylic acids is 1. The predicted octanol–water partition coefficient (Wildman–Crippen LogP) is 4.92. The molecular formula is C33H38N4O6S. The zero-order valence-corrected chi connectivity index (χ0v) is 25.8. The van der Waals surface area contributed by atoms with Crippen LogP contribution in [0, 0.1) is 12.8 Å². The Bertz CT molecular complexity index is 1590. The molecule has 1 saturated heterocycles. The van der Waals surface area contributed by atoms with Crippen molar-refractivity contribution in [1.29, 1.82) is 0 Å². The van der Waals surface area contributed by atoms with E-state index in [-0.39, 0.29) is 24.8 Å². The molecular weight excluding hydrogens is 580 g/mol. The molecule has 1 aliphatic carbocycles. The summed E-state index contributed by atoms with van der Waals surface area (Å²) >= 11 is 1.43. The maximum absolute atomic E-state index is 14.3. The molecule has 2 amide bonds. The summed E-state index contributed by atoms with van der Waals surface area (Å²) in [5.74, 6) is -1.36. The quantitative estimate of drug-likeness (QED) is 0.332. The molecule has 2 aliphatic heterocycles. The van der Waals surface area contributed by atoms with Crippen LogP contribution in [0.2, 0.25) is 0 Å². The van der Waals surface area contributed by atoms with Gasteiger partial charge in [-0.1, -0.05) is 48.5 Å². The first-order valence-corrected chi connectivity index (χ1v) is 16.0. The average Bonchev–Trinajstić information content (AvgIpc) is 3.32. The summed E-state index contributed by atoms with van der Waals surface area (Å²) < 4.78 is 12.7. The summed E-state index contributed by atoms with van der Waals surface area (Å²) in [5.41, 5.74) is 1.34. The first-order chi connectivity index (χ1) is 21.3. The van der Waals surface area contributed by atoms with E-state index in [0.29, 0.717) is 23.8 Å². The molecule has 0 radical (unpaired) electrons. The minimum Gasteiger partial charge on any atom is -0.497 e. The molecule has 1 aromatic heterocycles. The summed E-state index contributed by atoms with van der Waals surface area (Å²) in [5, 5.41) is 16.8. The zero-order chi connectivity index (χ0) is 30.8. The molecule has 0 spiro atoms. The summed E-state index contributed by atoms with van der Waals surface area (Å²) in [6, 6.07) is 11.9. The van der Waals surface area contributed by atoms with E-state index in [4.69, 9.17) is 9.47 Å². The van der Waals surface area contributed by atoms with Gasteiger partial charge in [0, 0.05) is 24.1 Å². The van der Waals surface area contributed by atoms with Gasteiger partial charge in [0.2, 0.25) is 11.8 Å². The number of aryl methyl sites for hydroxylation is 1. The number of nitrogens with zero attached hydrogens (tertiary/aromatic N) is 2. The van der Waals surface area contributed by atoms with E-state index in [9.17, 15) is 19.5 Å². The topological polar surface area (TPSA) is 130 Å². The van der Waals surface area contributed by atoms with Crippen LogP contribution in [0.5, 0.6) is 10.9 Å². The van der Waals surface area contributed by atoms with Crippen molar-refractivity contribution in [1.82, 2.24) is 15.2 Å². The monoisotopic (exact) mass is 618 g/mol. The largest absolute Gasteiger partial charge is 0.497 e. The van der Waals surface area contributed by atoms with Gasteiger partial charge in [-0.2, -0.15) is 0 Å². The molecule has 5 atom stereocenters. The standard InChI is InChI=1S/C33H38N4O6S/c1-20-13-14-25-28(15-20)44-32(35-25)43-24-17-27-29(38)36-33(31(40)41)18-21(33)9-6-4-3-5-7-12-26(30(39)37(27)19-24)34-22-10-8-11-23(16-22)42-2/h6,8-11,13-16,21,24,26-27,34H,3-5,7,12,17-19H2,1-2H3,(H,36,38)(H,40,41)/b9-6-/t21-,24-,26+,27+,33-/m1/s1. The third kappa shape index (κ3) is 6.24. The Morgan fingerprint density at radius 3 is 2.86 bits per heavy atom. The summed E-state index contributed by atoms with van der Waals surface area (Å²) in [7, 11) is 1.59. The number of carboxylic acids is 1.